The lowest BCUT2D eigenvalue weighted by Crippen LogP contribution is -2.33. The zero-order valence-electron chi connectivity index (χ0n) is 13.1. The molecule has 0 spiro atoms. The first-order valence-electron chi connectivity index (χ1n) is 7.74. The van der Waals surface area contributed by atoms with Crippen LogP contribution in [0, 0.1) is 5.92 Å². The molecule has 1 saturated heterocycles. The highest BCUT2D eigenvalue weighted by Crippen LogP contribution is 2.33. The molecule has 2 atom stereocenters. The summed E-state index contributed by atoms with van der Waals surface area (Å²) in [5.41, 5.74) is 2.47. The average Bonchev–Trinajstić information content (AvgIpc) is 2.53. The van der Waals surface area contributed by atoms with Crippen LogP contribution < -0.4 is 5.32 Å². The van der Waals surface area contributed by atoms with Crippen LogP contribution in [-0.2, 0) is 20.8 Å². The molecule has 0 bridgehead atoms. The second-order valence-corrected chi connectivity index (χ2v) is 5.57. The average molecular weight is 293 g/mol. The Morgan fingerprint density at radius 1 is 1.29 bits per heavy atom. The number of ether oxygens (including phenoxy) is 3. The molecule has 21 heavy (non-hydrogen) atoms. The smallest absolute Gasteiger partial charge is 0.0865 e. The van der Waals surface area contributed by atoms with Crippen LogP contribution in [0.3, 0.4) is 0 Å². The van der Waals surface area contributed by atoms with Crippen LogP contribution in [0.15, 0.2) is 24.3 Å². The van der Waals surface area contributed by atoms with Crippen LogP contribution in [0.4, 0.5) is 0 Å². The Morgan fingerprint density at radius 3 is 3.00 bits per heavy atom. The molecule has 1 fully saturated rings. The van der Waals surface area contributed by atoms with Crippen LogP contribution >= 0.6 is 0 Å². The van der Waals surface area contributed by atoms with Gasteiger partial charge in [-0.15, -0.1) is 0 Å². The molecule has 1 aliphatic rings. The van der Waals surface area contributed by atoms with Gasteiger partial charge in [0.1, 0.15) is 0 Å². The number of nitrogens with one attached hydrogen (secondary N) is 1. The molecular formula is C17H27NO3. The summed E-state index contributed by atoms with van der Waals surface area (Å²) >= 11 is 0. The minimum absolute atomic E-state index is 0.186. The Hall–Kier alpha value is -0.940. The molecule has 0 aromatic heterocycles. The van der Waals surface area contributed by atoms with Crippen LogP contribution in [0.5, 0.6) is 0 Å². The molecule has 1 N–H and O–H groups in total. The molecule has 0 radical (unpaired) electrons. The van der Waals surface area contributed by atoms with Gasteiger partial charge in [-0.25, -0.2) is 0 Å². The van der Waals surface area contributed by atoms with Crippen molar-refractivity contribution in [1.29, 1.82) is 0 Å². The second-order valence-electron chi connectivity index (χ2n) is 5.57. The summed E-state index contributed by atoms with van der Waals surface area (Å²) in [6.45, 7) is 4.12. The van der Waals surface area contributed by atoms with Crippen LogP contribution in [0.25, 0.3) is 0 Å². The van der Waals surface area contributed by atoms with E-state index in [1.54, 1.807) is 14.2 Å². The molecule has 0 amide bonds. The van der Waals surface area contributed by atoms with E-state index in [1.807, 2.05) is 0 Å². The number of hydrogen-bond acceptors (Lipinski definition) is 4. The Bertz CT molecular complexity index is 411. The van der Waals surface area contributed by atoms with Gasteiger partial charge >= 0.3 is 0 Å². The van der Waals surface area contributed by atoms with Crippen molar-refractivity contribution in [3.63, 3.8) is 0 Å². The van der Waals surface area contributed by atoms with Crippen molar-refractivity contribution >= 4 is 0 Å². The zero-order chi connectivity index (χ0) is 14.9. The lowest BCUT2D eigenvalue weighted by molar-refractivity contribution is -0.0281. The summed E-state index contributed by atoms with van der Waals surface area (Å²) in [5.74, 6) is 0.522. The minimum Gasteiger partial charge on any atom is -0.383 e. The molecule has 118 valence electrons. The standard InChI is InChI=1S/C17H27NO3/c1-19-10-8-18-12-16-7-4-9-21-17(16)15-6-3-5-14(11-15)13-20-2/h3,5-6,11,16-18H,4,7-10,12-13H2,1-2H3. The topological polar surface area (TPSA) is 39.7 Å². The zero-order valence-corrected chi connectivity index (χ0v) is 13.1. The van der Waals surface area contributed by atoms with E-state index in [9.17, 15) is 0 Å². The Kier molecular flexibility index (Phi) is 7.16. The van der Waals surface area contributed by atoms with Gasteiger partial charge in [-0.1, -0.05) is 24.3 Å². The van der Waals surface area contributed by atoms with Gasteiger partial charge in [0, 0.05) is 39.8 Å². The van der Waals surface area contributed by atoms with Crippen molar-refractivity contribution in [2.75, 3.05) is 40.5 Å². The minimum atomic E-state index is 0.186. The SMILES string of the molecule is COCCNCC1CCCOC1c1cccc(COC)c1. The van der Waals surface area contributed by atoms with Crippen LogP contribution in [0.2, 0.25) is 0 Å². The van der Waals surface area contributed by atoms with Gasteiger partial charge in [-0.2, -0.15) is 0 Å². The van der Waals surface area contributed by atoms with Gasteiger partial charge in [-0.05, 0) is 24.0 Å². The second kappa shape index (κ2) is 9.15. The molecule has 0 aliphatic carbocycles. The molecule has 1 aromatic rings. The van der Waals surface area contributed by atoms with Crippen molar-refractivity contribution in [1.82, 2.24) is 5.32 Å². The lowest BCUT2D eigenvalue weighted by atomic mass is 9.89. The Balaban J connectivity index is 1.98. The predicted octanol–water partition coefficient (Wildman–Crippen LogP) is 2.54. The first-order valence-corrected chi connectivity index (χ1v) is 7.74. The van der Waals surface area contributed by atoms with E-state index in [-0.39, 0.29) is 6.10 Å². The molecule has 2 rings (SSSR count). The number of methoxy groups -OCH3 is 2. The maximum absolute atomic E-state index is 6.05. The quantitative estimate of drug-likeness (QED) is 0.748. The first-order chi connectivity index (χ1) is 10.3. The molecule has 2 unspecified atom stereocenters. The van der Waals surface area contributed by atoms with Gasteiger partial charge in [0.05, 0.1) is 19.3 Å². The third-order valence-corrected chi connectivity index (χ3v) is 3.92. The van der Waals surface area contributed by atoms with Gasteiger partial charge in [0.25, 0.3) is 0 Å². The fourth-order valence-electron chi connectivity index (χ4n) is 2.91. The van der Waals surface area contributed by atoms with Gasteiger partial charge in [0.15, 0.2) is 0 Å². The molecule has 4 heteroatoms. The van der Waals surface area contributed by atoms with Crippen molar-refractivity contribution in [3.05, 3.63) is 35.4 Å². The Labute approximate surface area is 127 Å². The van der Waals surface area contributed by atoms with Crippen LogP contribution in [-0.4, -0.2) is 40.5 Å². The van der Waals surface area contributed by atoms with Gasteiger partial charge < -0.3 is 19.5 Å². The highest BCUT2D eigenvalue weighted by atomic mass is 16.5. The van der Waals surface area contributed by atoms with Crippen LogP contribution in [0.1, 0.15) is 30.1 Å². The number of rotatable bonds is 8. The monoisotopic (exact) mass is 293 g/mol. The summed E-state index contributed by atoms with van der Waals surface area (Å²) in [6.07, 6.45) is 2.54. The summed E-state index contributed by atoms with van der Waals surface area (Å²) in [5, 5.41) is 3.47. The largest absolute Gasteiger partial charge is 0.383 e. The van der Waals surface area contributed by atoms with Crippen molar-refractivity contribution < 1.29 is 14.2 Å². The molecule has 1 heterocycles. The van der Waals surface area contributed by atoms with Gasteiger partial charge in [0.2, 0.25) is 0 Å². The number of hydrogen-bond donors (Lipinski definition) is 1. The van der Waals surface area contributed by atoms with Crippen molar-refractivity contribution in [2.45, 2.75) is 25.6 Å². The molecule has 1 aliphatic heterocycles. The first kappa shape index (κ1) is 16.4. The fraction of sp³-hybridized carbons (Fsp3) is 0.647. The molecule has 1 aromatic carbocycles. The van der Waals surface area contributed by atoms with Crippen molar-refractivity contribution in [2.24, 2.45) is 5.92 Å². The summed E-state index contributed by atoms with van der Waals surface area (Å²) in [6, 6.07) is 8.57. The maximum atomic E-state index is 6.05. The highest BCUT2D eigenvalue weighted by Gasteiger charge is 2.27. The molecule has 0 saturated carbocycles. The fourth-order valence-corrected chi connectivity index (χ4v) is 2.91. The normalized spacial score (nSPS) is 22.4. The van der Waals surface area contributed by atoms with E-state index in [2.05, 4.69) is 29.6 Å². The van der Waals surface area contributed by atoms with Gasteiger partial charge in [-0.3, -0.25) is 0 Å². The van der Waals surface area contributed by atoms with E-state index in [0.717, 1.165) is 32.7 Å². The summed E-state index contributed by atoms with van der Waals surface area (Å²) in [4.78, 5) is 0. The highest BCUT2D eigenvalue weighted by molar-refractivity contribution is 5.25. The predicted molar refractivity (Wildman–Crippen MR) is 83.3 cm³/mol. The Morgan fingerprint density at radius 2 is 2.19 bits per heavy atom. The lowest BCUT2D eigenvalue weighted by Gasteiger charge is -2.32. The van der Waals surface area contributed by atoms with E-state index in [4.69, 9.17) is 14.2 Å². The maximum Gasteiger partial charge on any atom is 0.0865 e. The third-order valence-electron chi connectivity index (χ3n) is 3.92. The molecule has 4 nitrogen and oxygen atoms in total. The van der Waals surface area contributed by atoms with E-state index in [0.29, 0.717) is 12.5 Å². The van der Waals surface area contributed by atoms with Crippen molar-refractivity contribution in [3.8, 4) is 0 Å². The summed E-state index contributed by atoms with van der Waals surface area (Å²) in [7, 11) is 3.46. The van der Waals surface area contributed by atoms with E-state index in [1.165, 1.54) is 17.5 Å². The third kappa shape index (κ3) is 5.08. The molecular weight excluding hydrogens is 266 g/mol. The van der Waals surface area contributed by atoms with E-state index >= 15 is 0 Å². The summed E-state index contributed by atoms with van der Waals surface area (Å²) < 4.78 is 16.4. The van der Waals surface area contributed by atoms with E-state index < -0.39 is 0 Å². The number of benzene rings is 1.